The first-order valence-electron chi connectivity index (χ1n) is 40.2. The van der Waals surface area contributed by atoms with Crippen LogP contribution < -0.4 is 20.1 Å². The van der Waals surface area contributed by atoms with Gasteiger partial charge >= 0.3 is 36.4 Å². The van der Waals surface area contributed by atoms with Gasteiger partial charge in [0.15, 0.2) is 23.8 Å². The molecule has 0 spiro atoms. The second kappa shape index (κ2) is 36.2. The molecule has 0 bridgehead atoms. The van der Waals surface area contributed by atoms with Crippen molar-refractivity contribution in [1.82, 2.24) is 34.7 Å². The van der Waals surface area contributed by atoms with E-state index in [1.54, 1.807) is 68.5 Å². The molecule has 1 amide bonds. The SMILES string of the molecule is CC(=O)OCC(=O)[C@@]12OC(C)(C)O[C@@H]1C[C@H]1[C@@H]3C[C@H](F)C4=CC(=O)C=C[C@]4(C)[C@H]3[C@@H](O)C[C@@]12C.CCN(CC)C(=O)[C@@H]1C=C2c3cccc4[nH]cc(c34)C[C@H]2N(C)C1.COc1ccc(-c2nc(C(F)(F)F)[nH]c2-c2ccc(OC)cc2)cc1.Cc1c(Nc2ncccc2C(=O)O)cccc1C(F)(F)F.Cc1c(Nc2ncccc2C(=O)O)cccc1C(F)(F)F. The summed E-state index contributed by atoms with van der Waals surface area (Å²) in [4.78, 5) is 93.7. The Labute approximate surface area is 713 Å². The largest absolute Gasteiger partial charge is 0.497 e. The van der Waals surface area contributed by atoms with Crippen LogP contribution in [0.1, 0.15) is 128 Å². The first-order valence-corrected chi connectivity index (χ1v) is 40.2. The predicted octanol–water partition coefficient (Wildman–Crippen LogP) is 18.2. The summed E-state index contributed by atoms with van der Waals surface area (Å²) in [6.45, 7) is 17.2. The van der Waals surface area contributed by atoms with Gasteiger partial charge in [-0.15, -0.1) is 0 Å². The third kappa shape index (κ3) is 18.7. The normalized spacial score (nSPS) is 23.6. The Balaban J connectivity index is 0.000000144. The van der Waals surface area contributed by atoms with Crippen LogP contribution in [-0.4, -0.2) is 169 Å². The third-order valence-electron chi connectivity index (χ3n) is 24.5. The molecular formula is C92H95F10N9O14. The topological polar surface area (TPSA) is 310 Å². The number of carbonyl (C=O) groups excluding carboxylic acids is 4. The molecule has 662 valence electrons. The highest BCUT2D eigenvalue weighted by Gasteiger charge is 2.77. The summed E-state index contributed by atoms with van der Waals surface area (Å²) >= 11 is 0. The van der Waals surface area contributed by atoms with Gasteiger partial charge in [0.05, 0.1) is 54.9 Å². The number of carbonyl (C=O) groups is 6. The number of hydrogen-bond acceptors (Lipinski definition) is 18. The van der Waals surface area contributed by atoms with E-state index in [1.165, 1.54) is 136 Å². The number of amides is 1. The molecular weight excluding hydrogens is 1650 g/mol. The molecule has 5 aromatic carbocycles. The van der Waals surface area contributed by atoms with Crippen LogP contribution in [0.4, 0.5) is 66.9 Å². The first-order chi connectivity index (χ1) is 58.9. The monoisotopic (exact) mass is 1740 g/mol. The van der Waals surface area contributed by atoms with E-state index in [-0.39, 0.29) is 99.2 Å². The number of fused-ring (bicyclic) bond motifs is 9. The number of ketones is 2. The molecule has 2 aliphatic heterocycles. The third-order valence-corrected chi connectivity index (χ3v) is 24.5. The number of aromatic nitrogens is 5. The van der Waals surface area contributed by atoms with Gasteiger partial charge in [0.2, 0.25) is 17.5 Å². The van der Waals surface area contributed by atoms with Crippen molar-refractivity contribution in [3.8, 4) is 34.0 Å². The number of halogens is 10. The summed E-state index contributed by atoms with van der Waals surface area (Å²) in [6.07, 6.45) is -2.68. The molecule has 33 heteroatoms. The summed E-state index contributed by atoms with van der Waals surface area (Å²) in [5.41, 5.74) is 2.72. The number of ether oxygens (including phenoxy) is 5. The number of imidazole rings is 1. The number of H-pyrrole nitrogens is 2. The van der Waals surface area contributed by atoms with Gasteiger partial charge in [-0.1, -0.05) is 50.3 Å². The highest BCUT2D eigenvalue weighted by Crippen LogP contribution is 2.71. The Bertz CT molecular complexity index is 5460. The van der Waals surface area contributed by atoms with Gasteiger partial charge in [-0.05, 0) is 235 Å². The number of alkyl halides is 10. The summed E-state index contributed by atoms with van der Waals surface area (Å²) in [5, 5.41) is 36.3. The molecule has 1 saturated heterocycles. The molecule has 9 aromatic rings. The molecule has 4 fully saturated rings. The van der Waals surface area contributed by atoms with E-state index in [4.69, 9.17) is 33.9 Å². The maximum Gasteiger partial charge on any atom is 0.449 e. The van der Waals surface area contributed by atoms with Crippen molar-refractivity contribution in [1.29, 1.82) is 0 Å². The average molecular weight is 1740 g/mol. The Hall–Kier alpha value is -12.1. The molecule has 5 aliphatic carbocycles. The summed E-state index contributed by atoms with van der Waals surface area (Å²) in [7, 11) is 5.20. The second-order valence-corrected chi connectivity index (χ2v) is 32.4. The van der Waals surface area contributed by atoms with Crippen LogP contribution in [0.5, 0.6) is 11.5 Å². The second-order valence-electron chi connectivity index (χ2n) is 32.4. The zero-order valence-electron chi connectivity index (χ0n) is 70.3. The molecule has 0 radical (unpaired) electrons. The molecule has 0 unspecified atom stereocenters. The number of aromatic carboxylic acids is 2. The number of anilines is 4. The van der Waals surface area contributed by atoms with E-state index in [1.807, 2.05) is 18.7 Å². The van der Waals surface area contributed by atoms with Crippen molar-refractivity contribution in [2.45, 2.75) is 142 Å². The number of benzene rings is 5. The van der Waals surface area contributed by atoms with Gasteiger partial charge in [-0.3, -0.25) is 24.1 Å². The van der Waals surface area contributed by atoms with Gasteiger partial charge in [-0.25, -0.2) is 28.9 Å². The Kier molecular flexibility index (Phi) is 26.7. The molecule has 6 heterocycles. The van der Waals surface area contributed by atoms with E-state index in [0.717, 1.165) is 38.2 Å². The molecule has 23 nitrogen and oxygen atoms in total. The minimum absolute atomic E-state index is 0.00701. The van der Waals surface area contributed by atoms with Crippen molar-refractivity contribution in [2.24, 2.45) is 34.5 Å². The lowest BCUT2D eigenvalue weighted by molar-refractivity contribution is -0.227. The number of Topliss-reactive ketones (excluding diaryl/α,β-unsaturated/α-hetero) is 1. The molecule has 125 heavy (non-hydrogen) atoms. The van der Waals surface area contributed by atoms with E-state index < -0.39 is 106 Å². The number of allylic oxidation sites excluding steroid dienone is 4. The number of esters is 1. The average Bonchev–Trinajstić information content (AvgIpc) is 1.51. The van der Waals surface area contributed by atoms with Crippen LogP contribution in [-0.2, 0) is 58.3 Å². The number of hydrogen-bond donors (Lipinski definition) is 7. The molecule has 16 rings (SSSR count). The first kappa shape index (κ1) is 92.1. The smallest absolute Gasteiger partial charge is 0.449 e. The van der Waals surface area contributed by atoms with Gasteiger partial charge in [-0.2, -0.15) is 39.5 Å². The quantitative estimate of drug-likeness (QED) is 0.0349. The maximum atomic E-state index is 15.6. The van der Waals surface area contributed by atoms with Crippen LogP contribution >= 0.6 is 0 Å². The van der Waals surface area contributed by atoms with Gasteiger partial charge in [0, 0.05) is 101 Å². The number of aliphatic hydroxyl groups excluding tert-OH is 1. The minimum Gasteiger partial charge on any atom is -0.497 e. The summed E-state index contributed by atoms with van der Waals surface area (Å²) < 4.78 is 160. The lowest BCUT2D eigenvalue weighted by Gasteiger charge is -2.60. The van der Waals surface area contributed by atoms with Crippen molar-refractivity contribution in [3.63, 3.8) is 0 Å². The van der Waals surface area contributed by atoms with Crippen molar-refractivity contribution in [2.75, 3.05) is 58.1 Å². The van der Waals surface area contributed by atoms with E-state index in [0.29, 0.717) is 46.4 Å². The van der Waals surface area contributed by atoms with Crippen LogP contribution in [0, 0.1) is 48.3 Å². The standard InChI is InChI=1S/C26H33FO7.C20H25N3O.C18H15F3N2O2.2C14H11F3N2O2/c1-13(28)32-12-20(31)26-21(33-23(2,3)34-26)10-16-15-9-18(27)17-8-14(29)6-7-24(17,4)22(15)19(30)11-25(16,26)5;1-4-23(5-2)20(24)14-9-16-15-7-6-8-17-19(15)13(11-21-17)10-18(16)22(3)12-14;1-24-13-7-3-11(4-8-13)15-16(23-17(22-15)18(19,20)21)12-5-9-14(25-2)10-6-12;2*1-8-10(14(15,16)17)5-2-6-11(8)19-12-9(13(20)21)4-3-7-18-12/h6-8,15-16,18-19,21-22,30H,9-12H2,1-5H3;6-9,11,14,18,21H,4-5,10,12H2,1-3H3;3-10H,1-2H3,(H,22,23);2*2-7H,1H3,(H,18,19)(H,20,21)/t15-,16-,18-,19-,21+,22+,24-,25-,26+;14-,18-;;;/m01.../s1. The van der Waals surface area contributed by atoms with Crippen LogP contribution in [0.2, 0.25) is 0 Å². The fraction of sp³-hybridized carbons (Fsp3) is 0.380. The lowest BCUT2D eigenvalue weighted by Crippen LogP contribution is -2.64. The molecule has 7 aliphatic rings. The number of likely N-dealkylation sites (N-methyl/N-ethyl adjacent to an activating group) is 1. The Morgan fingerprint density at radius 2 is 1.27 bits per heavy atom. The number of carboxylic acids is 2. The lowest BCUT2D eigenvalue weighted by atomic mass is 9.46. The summed E-state index contributed by atoms with van der Waals surface area (Å²) in [5.74, 6) is -4.98. The number of nitrogens with one attached hydrogen (secondary N) is 4. The number of aliphatic hydroxyl groups is 1. The van der Waals surface area contributed by atoms with E-state index >= 15 is 4.39 Å². The molecule has 11 atom stereocenters. The predicted molar refractivity (Wildman–Crippen MR) is 445 cm³/mol. The zero-order valence-corrected chi connectivity index (χ0v) is 70.3. The maximum absolute atomic E-state index is 15.6. The Morgan fingerprint density at radius 1 is 0.720 bits per heavy atom. The molecule has 7 N–H and O–H groups in total. The minimum atomic E-state index is -4.56. The van der Waals surface area contributed by atoms with E-state index in [2.05, 4.69) is 91.8 Å². The van der Waals surface area contributed by atoms with Gasteiger partial charge in [0.25, 0.3) is 0 Å². The Morgan fingerprint density at radius 3 is 1.79 bits per heavy atom. The van der Waals surface area contributed by atoms with Crippen molar-refractivity contribution < 1.29 is 112 Å². The highest BCUT2D eigenvalue weighted by atomic mass is 19.4. The van der Waals surface area contributed by atoms with Crippen molar-refractivity contribution >= 4 is 74.9 Å². The number of rotatable bonds is 16. The van der Waals surface area contributed by atoms with Crippen LogP contribution in [0.3, 0.4) is 0 Å². The number of carboxylic acid groups (broad SMARTS) is 2. The van der Waals surface area contributed by atoms with Crippen LogP contribution in [0.25, 0.3) is 39.0 Å². The van der Waals surface area contributed by atoms with Crippen molar-refractivity contribution in [3.05, 3.63) is 226 Å². The number of nitrogens with zero attached hydrogens (tertiary/aromatic N) is 5. The van der Waals surface area contributed by atoms with Crippen LogP contribution in [0.15, 0.2) is 176 Å². The molecule has 3 saturated carbocycles. The molecule has 4 aromatic heterocycles. The van der Waals surface area contributed by atoms with E-state index in [9.17, 15) is 73.4 Å². The number of methoxy groups -OCH3 is 2. The number of pyridine rings is 2. The fourth-order valence-electron chi connectivity index (χ4n) is 18.8. The summed E-state index contributed by atoms with van der Waals surface area (Å²) in [6, 6.07) is 33.1. The highest BCUT2D eigenvalue weighted by molar-refractivity contribution is 6.02. The number of aromatic amines is 2. The zero-order chi connectivity index (χ0) is 91.0. The van der Waals surface area contributed by atoms with Gasteiger partial charge < -0.3 is 64.5 Å². The fourth-order valence-corrected chi connectivity index (χ4v) is 18.8. The van der Waals surface area contributed by atoms with Gasteiger partial charge in [0.1, 0.15) is 40.4 Å².